The van der Waals surface area contributed by atoms with E-state index in [9.17, 15) is 0 Å². The molecule has 0 N–H and O–H groups in total. The molecule has 14 rings (SSSR count). The summed E-state index contributed by atoms with van der Waals surface area (Å²) in [6.07, 6.45) is 3.96. The van der Waals surface area contributed by atoms with E-state index < -0.39 is 5.41 Å². The summed E-state index contributed by atoms with van der Waals surface area (Å²) < 4.78 is 9.60. The van der Waals surface area contributed by atoms with Crippen molar-refractivity contribution in [2.24, 2.45) is 0 Å². The molecule has 3 heteroatoms. The minimum atomic E-state index is -0.667. The van der Waals surface area contributed by atoms with Crippen LogP contribution >= 0.6 is 11.3 Å². The molecule has 2 heterocycles. The second-order valence-corrected chi connectivity index (χ2v) is 20.2. The Morgan fingerprint density at radius 2 is 1.04 bits per heavy atom. The maximum absolute atomic E-state index is 6.94. The van der Waals surface area contributed by atoms with Crippen LogP contribution < -0.4 is 15.5 Å². The van der Waals surface area contributed by atoms with Gasteiger partial charge in [0, 0.05) is 53.1 Å². The zero-order valence-electron chi connectivity index (χ0n) is 38.1. The minimum Gasteiger partial charge on any atom is -0.454 e. The molecule has 9 aromatic carbocycles. The van der Waals surface area contributed by atoms with Crippen molar-refractivity contribution < 1.29 is 4.42 Å². The van der Waals surface area contributed by atoms with Gasteiger partial charge in [0.05, 0.1) is 11.1 Å². The number of para-hydroxylation sites is 1. The van der Waals surface area contributed by atoms with Gasteiger partial charge in [0.25, 0.3) is 0 Å². The van der Waals surface area contributed by atoms with Gasteiger partial charge in [-0.3, -0.25) is 0 Å². The van der Waals surface area contributed by atoms with Crippen LogP contribution in [0.3, 0.4) is 0 Å². The van der Waals surface area contributed by atoms with Crippen LogP contribution in [0.2, 0.25) is 0 Å². The maximum atomic E-state index is 6.94. The van der Waals surface area contributed by atoms with Crippen LogP contribution in [0, 0.1) is 0 Å². The van der Waals surface area contributed by atoms with Crippen LogP contribution in [0.4, 0.5) is 11.4 Å². The first-order valence-corrected chi connectivity index (χ1v) is 24.4. The van der Waals surface area contributed by atoms with Gasteiger partial charge < -0.3 is 9.32 Å². The summed E-state index contributed by atoms with van der Waals surface area (Å²) in [5.41, 5.74) is 22.0. The number of nitrogens with zero attached hydrogens (tertiary/aromatic N) is 1. The molecule has 0 radical (unpaired) electrons. The van der Waals surface area contributed by atoms with E-state index in [0.29, 0.717) is 0 Å². The summed E-state index contributed by atoms with van der Waals surface area (Å²) in [7, 11) is 0. The molecule has 3 aliphatic carbocycles. The number of furan rings is 1. The van der Waals surface area contributed by atoms with Crippen LogP contribution in [-0.2, 0) is 10.8 Å². The average Bonchev–Trinajstić information content (AvgIpc) is 4.08. The van der Waals surface area contributed by atoms with E-state index in [1.54, 1.807) is 0 Å². The Bertz CT molecular complexity index is 4120. The standard InChI is InChI=1S/C65H45NOS/c1-5-18-50-48-23-11-16-29-59(48)67-62(50)39(2)66(40-32-34-47-45-22-8-13-26-53(45)64(3,4)57(47)37-40)41-31-33-46-43-20-7-6-19-42(43)44-21-9-14-27-54(44)65(58(46)38-41)55-28-15-10-25-52(55)61-56(65)36-35-51-49-24-12-17-30-60(49)68-63(51)61/h5-38H,1H2,2-4H3/b50-18-,62-39-. The van der Waals surface area contributed by atoms with E-state index in [1.807, 2.05) is 23.5 Å². The smallest absolute Gasteiger partial charge is 0.154 e. The fourth-order valence-electron chi connectivity index (χ4n) is 12.6. The molecule has 1 unspecified atom stereocenters. The molecule has 2 nitrogen and oxygen atoms in total. The van der Waals surface area contributed by atoms with Crippen molar-refractivity contribution >= 4 is 65.6 Å². The van der Waals surface area contributed by atoms with Gasteiger partial charge in [-0.25, -0.2) is 0 Å². The molecule has 1 atom stereocenters. The van der Waals surface area contributed by atoms with Crippen molar-refractivity contribution in [1.82, 2.24) is 0 Å². The Morgan fingerprint density at radius 3 is 1.76 bits per heavy atom. The third kappa shape index (κ3) is 5.12. The van der Waals surface area contributed by atoms with Crippen LogP contribution in [0.15, 0.2) is 211 Å². The van der Waals surface area contributed by atoms with Crippen molar-refractivity contribution in [2.45, 2.75) is 31.6 Å². The predicted molar refractivity (Wildman–Crippen MR) is 286 cm³/mol. The molecule has 0 bridgehead atoms. The molecule has 0 saturated heterocycles. The van der Waals surface area contributed by atoms with Crippen molar-refractivity contribution in [3.05, 3.63) is 251 Å². The van der Waals surface area contributed by atoms with Gasteiger partial charge >= 0.3 is 0 Å². The van der Waals surface area contributed by atoms with Crippen molar-refractivity contribution in [3.63, 3.8) is 0 Å². The highest BCUT2D eigenvalue weighted by atomic mass is 32.1. The normalized spacial score (nSPS) is 16.4. The van der Waals surface area contributed by atoms with E-state index in [2.05, 4.69) is 226 Å². The molecule has 0 saturated carbocycles. The largest absolute Gasteiger partial charge is 0.454 e. The fraction of sp³-hybridized carbons (Fsp3) is 0.0769. The Kier molecular flexibility index (Phi) is 8.23. The number of allylic oxidation sites excluding steroid dienone is 1. The summed E-state index contributed by atoms with van der Waals surface area (Å²) in [5, 5.41) is 4.71. The Labute approximate surface area is 399 Å². The Balaban J connectivity index is 1.12. The quantitative estimate of drug-likeness (QED) is 0.175. The molecule has 3 aliphatic rings. The number of fused-ring (bicyclic) bond motifs is 20. The summed E-state index contributed by atoms with van der Waals surface area (Å²) in [6.45, 7) is 11.1. The first kappa shape index (κ1) is 39.2. The monoisotopic (exact) mass is 887 g/mol. The van der Waals surface area contributed by atoms with Gasteiger partial charge in [0.15, 0.2) is 5.42 Å². The molecule has 0 amide bonds. The van der Waals surface area contributed by atoms with Gasteiger partial charge in [0.2, 0.25) is 0 Å². The van der Waals surface area contributed by atoms with Crippen molar-refractivity contribution in [3.8, 4) is 44.5 Å². The molecule has 11 aromatic rings. The number of hydrogen-bond acceptors (Lipinski definition) is 3. The second kappa shape index (κ2) is 14.3. The first-order valence-electron chi connectivity index (χ1n) is 23.6. The number of thiophene rings is 1. The third-order valence-electron chi connectivity index (χ3n) is 15.5. The summed E-state index contributed by atoms with van der Waals surface area (Å²) in [5.74, 6) is 0. The molecule has 1 spiro atoms. The molecule has 0 fully saturated rings. The summed E-state index contributed by atoms with van der Waals surface area (Å²) >= 11 is 1.92. The zero-order valence-corrected chi connectivity index (χ0v) is 38.9. The van der Waals surface area contributed by atoms with Gasteiger partial charge in [-0.1, -0.05) is 190 Å². The van der Waals surface area contributed by atoms with Crippen LogP contribution in [0.1, 0.15) is 54.2 Å². The highest BCUT2D eigenvalue weighted by Crippen LogP contribution is 2.64. The molecule has 2 aromatic heterocycles. The Morgan fingerprint density at radius 1 is 0.500 bits per heavy atom. The third-order valence-corrected chi connectivity index (χ3v) is 16.7. The van der Waals surface area contributed by atoms with E-state index in [1.165, 1.54) is 98.1 Å². The van der Waals surface area contributed by atoms with Crippen LogP contribution in [-0.4, -0.2) is 0 Å². The lowest BCUT2D eigenvalue weighted by Gasteiger charge is -2.36. The summed E-state index contributed by atoms with van der Waals surface area (Å²) in [4.78, 5) is 2.45. The number of rotatable bonds is 4. The molecule has 322 valence electrons. The van der Waals surface area contributed by atoms with Gasteiger partial charge in [-0.2, -0.15) is 0 Å². The fourth-order valence-corrected chi connectivity index (χ4v) is 13.8. The topological polar surface area (TPSA) is 16.4 Å². The highest BCUT2D eigenvalue weighted by molar-refractivity contribution is 7.26. The lowest BCUT2D eigenvalue weighted by molar-refractivity contribution is 0.570. The lowest BCUT2D eigenvalue weighted by Crippen LogP contribution is -2.31. The number of hydrogen-bond donors (Lipinski definition) is 0. The van der Waals surface area contributed by atoms with Crippen molar-refractivity contribution in [2.75, 3.05) is 4.90 Å². The number of anilines is 2. The van der Waals surface area contributed by atoms with Crippen molar-refractivity contribution in [1.29, 1.82) is 0 Å². The second-order valence-electron chi connectivity index (χ2n) is 19.1. The number of benzene rings is 9. The minimum absolute atomic E-state index is 0.191. The predicted octanol–water partition coefficient (Wildman–Crippen LogP) is 16.1. The molecular formula is C65H45NOS. The molecule has 0 aliphatic heterocycles. The van der Waals surface area contributed by atoms with Gasteiger partial charge in [-0.15, -0.1) is 11.3 Å². The van der Waals surface area contributed by atoms with Gasteiger partial charge in [-0.05, 0) is 116 Å². The maximum Gasteiger partial charge on any atom is 0.154 e. The van der Waals surface area contributed by atoms with Crippen LogP contribution in [0.25, 0.3) is 87.4 Å². The zero-order chi connectivity index (χ0) is 45.5. The van der Waals surface area contributed by atoms with E-state index in [0.717, 1.165) is 38.7 Å². The van der Waals surface area contributed by atoms with Crippen LogP contribution in [0.5, 0.6) is 0 Å². The highest BCUT2D eigenvalue weighted by Gasteiger charge is 2.51. The van der Waals surface area contributed by atoms with E-state index in [-0.39, 0.29) is 5.41 Å². The molecule has 68 heavy (non-hydrogen) atoms. The average molecular weight is 888 g/mol. The first-order chi connectivity index (χ1) is 33.4. The van der Waals surface area contributed by atoms with Gasteiger partial charge in [0.1, 0.15) is 5.58 Å². The SMILES string of the molecule is C=C/C=c1\c(=C(/C)N(c2ccc3c(c2)C(C)(C)c2ccccc2-3)c2ccc3c(c2)C2(c4ccccc4-c4ccccc4-3)c3ccccc3-c3c2ccc2c3sc3ccccc32)oc2ccccc12. The van der Waals surface area contributed by atoms with E-state index in [4.69, 9.17) is 4.42 Å². The molecular weight excluding hydrogens is 843 g/mol. The Hall–Kier alpha value is -7.98. The van der Waals surface area contributed by atoms with E-state index >= 15 is 0 Å². The summed E-state index contributed by atoms with van der Waals surface area (Å²) in [6, 6.07) is 72.8. The lowest BCUT2D eigenvalue weighted by atomic mass is 9.65.